The van der Waals surface area contributed by atoms with E-state index >= 15 is 4.39 Å². The van der Waals surface area contributed by atoms with Crippen molar-refractivity contribution in [3.63, 3.8) is 0 Å². The van der Waals surface area contributed by atoms with Crippen LogP contribution in [0.5, 0.6) is 5.75 Å². The number of hydrogen-bond acceptors (Lipinski definition) is 3. The van der Waals surface area contributed by atoms with Gasteiger partial charge in [-0.3, -0.25) is 4.79 Å². The summed E-state index contributed by atoms with van der Waals surface area (Å²) in [7, 11) is 0. The van der Waals surface area contributed by atoms with E-state index < -0.39 is 12.0 Å². The predicted molar refractivity (Wildman–Crippen MR) is 140 cm³/mol. The summed E-state index contributed by atoms with van der Waals surface area (Å²) in [5.41, 5.74) is 12.3. The Kier molecular flexibility index (Phi) is 7.10. The molecule has 0 heterocycles. The zero-order valence-electron chi connectivity index (χ0n) is 20.8. The lowest BCUT2D eigenvalue weighted by Crippen LogP contribution is -2.18. The number of carboxylic acid groups (broad SMARTS) is 1. The van der Waals surface area contributed by atoms with E-state index in [2.05, 4.69) is 12.1 Å². The van der Waals surface area contributed by atoms with Crippen molar-refractivity contribution in [3.05, 3.63) is 88.2 Å². The van der Waals surface area contributed by atoms with Crippen LogP contribution in [-0.4, -0.2) is 11.1 Å². The summed E-state index contributed by atoms with van der Waals surface area (Å²) >= 11 is 0. The largest absolute Gasteiger partial charge is 0.485 e. The molecule has 36 heavy (non-hydrogen) atoms. The zero-order chi connectivity index (χ0) is 25.2. The molecular formula is C31H34FNO3. The van der Waals surface area contributed by atoms with Crippen molar-refractivity contribution in [3.8, 4) is 16.9 Å². The molecule has 2 aliphatic rings. The average Bonchev–Trinajstić information content (AvgIpc) is 3.68. The van der Waals surface area contributed by atoms with Crippen LogP contribution in [0.3, 0.4) is 0 Å². The van der Waals surface area contributed by atoms with Crippen molar-refractivity contribution in [2.45, 2.75) is 70.4 Å². The van der Waals surface area contributed by atoms with Gasteiger partial charge in [0.15, 0.2) is 0 Å². The molecule has 0 amide bonds. The molecule has 188 valence electrons. The highest BCUT2D eigenvalue weighted by Crippen LogP contribution is 2.41. The molecule has 0 aromatic heterocycles. The van der Waals surface area contributed by atoms with Gasteiger partial charge >= 0.3 is 5.97 Å². The summed E-state index contributed by atoms with van der Waals surface area (Å²) in [6, 6.07) is 16.7. The van der Waals surface area contributed by atoms with Crippen LogP contribution in [0.2, 0.25) is 0 Å². The molecule has 1 saturated carbocycles. The van der Waals surface area contributed by atoms with Gasteiger partial charge in [-0.1, -0.05) is 55.3 Å². The van der Waals surface area contributed by atoms with Gasteiger partial charge < -0.3 is 15.6 Å². The van der Waals surface area contributed by atoms with Gasteiger partial charge in [-0.15, -0.1) is 0 Å². The number of para-hydroxylation sites is 1. The number of nitrogens with two attached hydrogens (primary N) is 1. The highest BCUT2D eigenvalue weighted by molar-refractivity contribution is 5.71. The van der Waals surface area contributed by atoms with E-state index in [9.17, 15) is 9.90 Å². The third-order valence-corrected chi connectivity index (χ3v) is 7.55. The van der Waals surface area contributed by atoms with Crippen molar-refractivity contribution < 1.29 is 19.0 Å². The lowest BCUT2D eigenvalue weighted by Gasteiger charge is -2.30. The second kappa shape index (κ2) is 10.4. The third kappa shape index (κ3) is 5.31. The second-order valence-electron chi connectivity index (χ2n) is 10.4. The molecule has 0 aliphatic heterocycles. The number of halogens is 1. The minimum Gasteiger partial charge on any atom is -0.485 e. The molecular weight excluding hydrogens is 453 g/mol. The van der Waals surface area contributed by atoms with Gasteiger partial charge in [0.2, 0.25) is 0 Å². The number of aliphatic carboxylic acids is 1. The van der Waals surface area contributed by atoms with Gasteiger partial charge in [0.25, 0.3) is 0 Å². The van der Waals surface area contributed by atoms with Crippen LogP contribution < -0.4 is 10.5 Å². The molecule has 4 nitrogen and oxygen atoms in total. The normalized spacial score (nSPS) is 17.9. The lowest BCUT2D eigenvalue weighted by atomic mass is 9.82. The minimum absolute atomic E-state index is 0.0856. The van der Waals surface area contributed by atoms with Crippen LogP contribution >= 0.6 is 0 Å². The van der Waals surface area contributed by atoms with E-state index in [4.69, 9.17) is 10.5 Å². The molecule has 1 unspecified atom stereocenters. The van der Waals surface area contributed by atoms with Gasteiger partial charge in [0.05, 0.1) is 6.42 Å². The Balaban J connectivity index is 1.57. The van der Waals surface area contributed by atoms with Gasteiger partial charge in [-0.25, -0.2) is 4.39 Å². The van der Waals surface area contributed by atoms with Crippen LogP contribution in [0.25, 0.3) is 11.1 Å². The Hall–Kier alpha value is -3.18. The highest BCUT2D eigenvalue weighted by Gasteiger charge is 2.28. The van der Waals surface area contributed by atoms with E-state index in [0.29, 0.717) is 22.4 Å². The van der Waals surface area contributed by atoms with Crippen LogP contribution in [0.1, 0.15) is 79.0 Å². The maximum absolute atomic E-state index is 15.5. The molecule has 5 rings (SSSR count). The number of aryl methyl sites for hydroxylation is 1. The number of carboxylic acids is 1. The number of ether oxygens (including phenoxy) is 1. The smallest absolute Gasteiger partial charge is 0.307 e. The standard InChI is InChI=1S/C31H34FNO3/c1-19(33)24-7-4-9-26(31(24)32)23-16-21(15-14-20-12-13-20)25-8-5-11-29(27(25)17-23)36-28-10-3-2-6-22(28)18-30(34)35/h2-4,6-7,9-10,16-17,19-20,29H,5,8,11-15,18,33H2,1H3,(H,34,35)/t19-,29?/m1/s1. The lowest BCUT2D eigenvalue weighted by molar-refractivity contribution is -0.136. The summed E-state index contributed by atoms with van der Waals surface area (Å²) in [6.07, 6.45) is 7.28. The Labute approximate surface area is 212 Å². The van der Waals surface area contributed by atoms with E-state index in [1.54, 1.807) is 19.1 Å². The quantitative estimate of drug-likeness (QED) is 0.343. The molecule has 1 fully saturated rings. The fourth-order valence-electron chi connectivity index (χ4n) is 5.44. The zero-order valence-corrected chi connectivity index (χ0v) is 20.8. The fourth-order valence-corrected chi connectivity index (χ4v) is 5.44. The van der Waals surface area contributed by atoms with Crippen molar-refractivity contribution in [1.82, 2.24) is 0 Å². The van der Waals surface area contributed by atoms with Crippen molar-refractivity contribution in [2.24, 2.45) is 11.7 Å². The molecule has 2 atom stereocenters. The van der Waals surface area contributed by atoms with E-state index in [1.165, 1.54) is 24.0 Å². The SMILES string of the molecule is C[C@@H](N)c1cccc(-c2cc(CCC3CC3)c3c(c2)C(Oc2ccccc2CC(=O)O)CCC3)c1F. The maximum atomic E-state index is 15.5. The Bertz CT molecular complexity index is 1260. The van der Waals surface area contributed by atoms with Gasteiger partial charge in [-0.2, -0.15) is 0 Å². The Morgan fingerprint density at radius 3 is 2.67 bits per heavy atom. The number of rotatable bonds is 9. The second-order valence-corrected chi connectivity index (χ2v) is 10.4. The first-order chi connectivity index (χ1) is 17.4. The maximum Gasteiger partial charge on any atom is 0.307 e. The first-order valence-corrected chi connectivity index (χ1v) is 13.1. The summed E-state index contributed by atoms with van der Waals surface area (Å²) in [4.78, 5) is 11.4. The molecule has 3 aromatic rings. The van der Waals surface area contributed by atoms with Crippen LogP contribution in [-0.2, 0) is 24.1 Å². The number of fused-ring (bicyclic) bond motifs is 1. The van der Waals surface area contributed by atoms with Crippen LogP contribution in [0, 0.1) is 11.7 Å². The molecule has 0 bridgehead atoms. The summed E-state index contributed by atoms with van der Waals surface area (Å²) in [6.45, 7) is 1.80. The molecule has 0 saturated heterocycles. The number of carbonyl (C=O) groups is 1. The molecule has 3 N–H and O–H groups in total. The summed E-state index contributed by atoms with van der Waals surface area (Å²) in [5, 5.41) is 9.35. The van der Waals surface area contributed by atoms with E-state index in [0.717, 1.165) is 49.1 Å². The Morgan fingerprint density at radius 2 is 1.92 bits per heavy atom. The minimum atomic E-state index is -0.885. The van der Waals surface area contributed by atoms with Gasteiger partial charge in [0.1, 0.15) is 17.7 Å². The van der Waals surface area contributed by atoms with Gasteiger partial charge in [0, 0.05) is 22.7 Å². The number of benzene rings is 3. The van der Waals surface area contributed by atoms with Crippen LogP contribution in [0.15, 0.2) is 54.6 Å². The first-order valence-electron chi connectivity index (χ1n) is 13.1. The molecule has 2 aliphatic carbocycles. The first kappa shape index (κ1) is 24.5. The predicted octanol–water partition coefficient (Wildman–Crippen LogP) is 6.94. The average molecular weight is 488 g/mol. The monoisotopic (exact) mass is 487 g/mol. The van der Waals surface area contributed by atoms with Crippen molar-refractivity contribution in [1.29, 1.82) is 0 Å². The van der Waals surface area contributed by atoms with Crippen LogP contribution in [0.4, 0.5) is 4.39 Å². The van der Waals surface area contributed by atoms with Crippen molar-refractivity contribution in [2.75, 3.05) is 0 Å². The molecule has 5 heteroatoms. The van der Waals surface area contributed by atoms with E-state index in [1.807, 2.05) is 30.3 Å². The molecule has 3 aromatic carbocycles. The summed E-state index contributed by atoms with van der Waals surface area (Å²) in [5.74, 6) is 0.263. The highest BCUT2D eigenvalue weighted by atomic mass is 19.1. The molecule has 0 radical (unpaired) electrons. The fraction of sp³-hybridized carbons (Fsp3) is 0.387. The van der Waals surface area contributed by atoms with E-state index in [-0.39, 0.29) is 18.3 Å². The topological polar surface area (TPSA) is 72.5 Å². The summed E-state index contributed by atoms with van der Waals surface area (Å²) < 4.78 is 22.1. The number of hydrogen-bond donors (Lipinski definition) is 2. The van der Waals surface area contributed by atoms with Crippen molar-refractivity contribution >= 4 is 5.97 Å². The third-order valence-electron chi connectivity index (χ3n) is 7.55. The molecule has 0 spiro atoms. The van der Waals surface area contributed by atoms with Gasteiger partial charge in [-0.05, 0) is 79.3 Å². The Morgan fingerprint density at radius 1 is 1.11 bits per heavy atom.